The average molecular weight is 408 g/mol. The lowest BCUT2D eigenvalue weighted by atomic mass is 9.79. The number of carboxylic acids is 1. The summed E-state index contributed by atoms with van der Waals surface area (Å²) in [5.41, 5.74) is 1.64. The Morgan fingerprint density at radius 2 is 2.00 bits per heavy atom. The molecule has 0 saturated carbocycles. The maximum Gasteiger partial charge on any atom is 0.317 e. The minimum Gasteiger partial charge on any atom is -0.481 e. The van der Waals surface area contributed by atoms with Crippen LogP contribution in [0.1, 0.15) is 38.2 Å². The molecule has 3 rings (SSSR count). The molecule has 2 aliphatic rings. The van der Waals surface area contributed by atoms with Crippen molar-refractivity contribution in [3.63, 3.8) is 0 Å². The summed E-state index contributed by atoms with van der Waals surface area (Å²) in [5.74, 6) is 0.206. The molecule has 0 bridgehead atoms. The van der Waals surface area contributed by atoms with Crippen LogP contribution in [0, 0.1) is 12.3 Å². The summed E-state index contributed by atoms with van der Waals surface area (Å²) in [7, 11) is 0. The van der Waals surface area contributed by atoms with Crippen molar-refractivity contribution in [3.8, 4) is 0 Å². The predicted molar refractivity (Wildman–Crippen MR) is 114 cm³/mol. The van der Waals surface area contributed by atoms with Crippen LogP contribution < -0.4 is 10.6 Å². The number of likely N-dealkylation sites (tertiary alicyclic amines) is 1. The van der Waals surface area contributed by atoms with Gasteiger partial charge in [-0.05, 0) is 57.0 Å². The number of carbonyl (C=O) groups is 2. The summed E-state index contributed by atoms with van der Waals surface area (Å²) in [6, 6.07) is 8.76. The Bertz CT molecular complexity index is 626. The number of amides is 2. The van der Waals surface area contributed by atoms with Crippen molar-refractivity contribution in [2.24, 2.45) is 5.41 Å². The van der Waals surface area contributed by atoms with Crippen LogP contribution in [0.5, 0.6) is 0 Å². The van der Waals surface area contributed by atoms with Crippen LogP contribution in [0.2, 0.25) is 0 Å². The summed E-state index contributed by atoms with van der Waals surface area (Å²) in [6.07, 6.45) is 4.62. The molecule has 6 nitrogen and oxygen atoms in total. The normalized spacial score (nSPS) is 21.1. The first-order chi connectivity index (χ1) is 13.4. The summed E-state index contributed by atoms with van der Waals surface area (Å²) < 4.78 is 0. The molecule has 0 aromatic heterocycles. The zero-order valence-electron chi connectivity index (χ0n) is 17.0. The molecule has 28 heavy (non-hydrogen) atoms. The zero-order valence-corrected chi connectivity index (χ0v) is 17.8. The molecule has 2 fully saturated rings. The van der Waals surface area contributed by atoms with Gasteiger partial charge in [-0.3, -0.25) is 4.79 Å². The molecular formula is C21H33N3O3S. The first-order valence-electron chi connectivity index (χ1n) is 10.0. The van der Waals surface area contributed by atoms with E-state index in [9.17, 15) is 4.79 Å². The lowest BCUT2D eigenvalue weighted by Gasteiger charge is -2.39. The van der Waals surface area contributed by atoms with Crippen molar-refractivity contribution >= 4 is 23.8 Å². The van der Waals surface area contributed by atoms with Gasteiger partial charge in [-0.2, -0.15) is 0 Å². The molecule has 1 unspecified atom stereocenters. The van der Waals surface area contributed by atoms with Crippen LogP contribution in [-0.4, -0.2) is 60.5 Å². The Balaban J connectivity index is 0.000000640. The number of hydrogen-bond acceptors (Lipinski definition) is 4. The van der Waals surface area contributed by atoms with Gasteiger partial charge in [0.15, 0.2) is 0 Å². The standard InChI is InChI=1S/C19H29N3OS.C2H4O2/c1-16-4-6-17(7-5-16)24-13-3-10-21-18(23)22-12-2-8-19(15-22)9-11-20-14-19;1-2(3)4/h4-7,20H,2-3,8-15H2,1H3,(H,21,23);1H3,(H,3,4). The number of carboxylic acid groups (broad SMARTS) is 1. The molecule has 156 valence electrons. The molecular weight excluding hydrogens is 374 g/mol. The number of rotatable bonds is 5. The summed E-state index contributed by atoms with van der Waals surface area (Å²) in [4.78, 5) is 24.7. The number of carbonyl (C=O) groups excluding carboxylic acids is 1. The second-order valence-electron chi connectivity index (χ2n) is 7.72. The third-order valence-corrected chi connectivity index (χ3v) is 6.27. The highest BCUT2D eigenvalue weighted by atomic mass is 32.2. The van der Waals surface area contributed by atoms with Crippen LogP contribution in [0.15, 0.2) is 29.2 Å². The van der Waals surface area contributed by atoms with E-state index in [0.717, 1.165) is 58.2 Å². The topological polar surface area (TPSA) is 81.7 Å². The van der Waals surface area contributed by atoms with Crippen LogP contribution in [0.4, 0.5) is 4.79 Å². The summed E-state index contributed by atoms with van der Waals surface area (Å²) >= 11 is 1.86. The van der Waals surface area contributed by atoms with Crippen molar-refractivity contribution in [2.75, 3.05) is 38.5 Å². The van der Waals surface area contributed by atoms with Gasteiger partial charge in [-0.1, -0.05) is 17.7 Å². The number of benzene rings is 1. The molecule has 1 aromatic rings. The summed E-state index contributed by atoms with van der Waals surface area (Å²) in [5, 5.41) is 14.0. The Morgan fingerprint density at radius 3 is 2.64 bits per heavy atom. The van der Waals surface area contributed by atoms with E-state index in [4.69, 9.17) is 9.90 Å². The third-order valence-electron chi connectivity index (χ3n) is 5.17. The van der Waals surface area contributed by atoms with Crippen molar-refractivity contribution in [3.05, 3.63) is 29.8 Å². The zero-order chi connectivity index (χ0) is 20.4. The highest BCUT2D eigenvalue weighted by Crippen LogP contribution is 2.35. The van der Waals surface area contributed by atoms with E-state index in [2.05, 4.69) is 41.8 Å². The van der Waals surface area contributed by atoms with Gasteiger partial charge in [0.1, 0.15) is 0 Å². The second-order valence-corrected chi connectivity index (χ2v) is 8.89. The van der Waals surface area contributed by atoms with Gasteiger partial charge < -0.3 is 20.6 Å². The molecule has 1 atom stereocenters. The van der Waals surface area contributed by atoms with E-state index in [0.29, 0.717) is 5.41 Å². The number of urea groups is 1. The Labute approximate surface area is 172 Å². The molecule has 7 heteroatoms. The Hall–Kier alpha value is -1.73. The molecule has 1 spiro atoms. The maximum atomic E-state index is 12.4. The van der Waals surface area contributed by atoms with Crippen molar-refractivity contribution in [1.29, 1.82) is 0 Å². The van der Waals surface area contributed by atoms with Crippen molar-refractivity contribution in [2.45, 2.75) is 44.4 Å². The van der Waals surface area contributed by atoms with E-state index in [-0.39, 0.29) is 6.03 Å². The molecule has 0 aliphatic carbocycles. The first-order valence-corrected chi connectivity index (χ1v) is 11.0. The average Bonchev–Trinajstić information content (AvgIpc) is 3.10. The smallest absolute Gasteiger partial charge is 0.317 e. The van der Waals surface area contributed by atoms with Gasteiger partial charge in [0.05, 0.1) is 0 Å². The molecule has 2 aliphatic heterocycles. The van der Waals surface area contributed by atoms with Gasteiger partial charge in [-0.25, -0.2) is 4.79 Å². The fraction of sp³-hybridized carbons (Fsp3) is 0.619. The molecule has 1 aromatic carbocycles. The Kier molecular flexibility index (Phi) is 9.12. The van der Waals surface area contributed by atoms with Gasteiger partial charge >= 0.3 is 6.03 Å². The van der Waals surface area contributed by atoms with Crippen LogP contribution in [-0.2, 0) is 4.79 Å². The number of thioether (sulfide) groups is 1. The van der Waals surface area contributed by atoms with Crippen LogP contribution >= 0.6 is 11.8 Å². The molecule has 2 amide bonds. The molecule has 2 saturated heterocycles. The third kappa shape index (κ3) is 7.72. The lowest BCUT2D eigenvalue weighted by Crippen LogP contribution is -2.50. The number of nitrogens with zero attached hydrogens (tertiary/aromatic N) is 1. The first kappa shape index (κ1) is 22.6. The van der Waals surface area contributed by atoms with Crippen molar-refractivity contribution in [1.82, 2.24) is 15.5 Å². The number of aryl methyl sites for hydroxylation is 1. The monoisotopic (exact) mass is 407 g/mol. The molecule has 2 heterocycles. The molecule has 0 radical (unpaired) electrons. The summed E-state index contributed by atoms with van der Waals surface area (Å²) in [6.45, 7) is 7.96. The van der Waals surface area contributed by atoms with Gasteiger partial charge in [0.2, 0.25) is 0 Å². The number of piperidine rings is 1. The van der Waals surface area contributed by atoms with Crippen LogP contribution in [0.25, 0.3) is 0 Å². The number of nitrogens with one attached hydrogen (secondary N) is 2. The maximum absolute atomic E-state index is 12.4. The molecule has 3 N–H and O–H groups in total. The predicted octanol–water partition coefficient (Wildman–Crippen LogP) is 3.35. The minimum atomic E-state index is -0.833. The van der Waals surface area contributed by atoms with E-state index < -0.39 is 5.97 Å². The fourth-order valence-corrected chi connectivity index (χ4v) is 4.58. The highest BCUT2D eigenvalue weighted by molar-refractivity contribution is 7.99. The van der Waals surface area contributed by atoms with E-state index in [1.807, 2.05) is 16.7 Å². The number of aliphatic carboxylic acids is 1. The van der Waals surface area contributed by atoms with Gasteiger partial charge in [-0.15, -0.1) is 11.8 Å². The van der Waals surface area contributed by atoms with E-state index >= 15 is 0 Å². The largest absolute Gasteiger partial charge is 0.481 e. The van der Waals surface area contributed by atoms with Crippen molar-refractivity contribution < 1.29 is 14.7 Å². The van der Waals surface area contributed by atoms with Gasteiger partial charge in [0.25, 0.3) is 5.97 Å². The van der Waals surface area contributed by atoms with E-state index in [1.165, 1.54) is 23.3 Å². The Morgan fingerprint density at radius 1 is 1.29 bits per heavy atom. The highest BCUT2D eigenvalue weighted by Gasteiger charge is 2.39. The minimum absolute atomic E-state index is 0.126. The van der Waals surface area contributed by atoms with Gasteiger partial charge in [0, 0.05) is 43.4 Å². The SMILES string of the molecule is CC(=O)O.Cc1ccc(SCCCNC(=O)N2CCCC3(CCNC3)C2)cc1. The fourth-order valence-electron chi connectivity index (χ4n) is 3.73. The second kappa shape index (κ2) is 11.3. The van der Waals surface area contributed by atoms with E-state index in [1.54, 1.807) is 0 Å². The number of hydrogen-bond donors (Lipinski definition) is 3. The van der Waals surface area contributed by atoms with Crippen LogP contribution in [0.3, 0.4) is 0 Å². The lowest BCUT2D eigenvalue weighted by molar-refractivity contribution is -0.134. The quantitative estimate of drug-likeness (QED) is 0.515.